The number of esters is 4. The molecule has 1 heterocycles. The zero-order valence-corrected chi connectivity index (χ0v) is 76.2. The maximum atomic E-state index is 16.0. The molecule has 2 amide bonds. The number of aliphatic hydroxyl groups excluding tert-OH is 1. The van der Waals surface area contributed by atoms with Crippen molar-refractivity contribution in [3.63, 3.8) is 0 Å². The maximum absolute atomic E-state index is 16.0. The lowest BCUT2D eigenvalue weighted by Crippen LogP contribution is -2.82. The summed E-state index contributed by atoms with van der Waals surface area (Å²) in [6.07, 6.45) is 16.4. The van der Waals surface area contributed by atoms with Crippen LogP contribution in [0, 0.1) is 16.7 Å². The van der Waals surface area contributed by atoms with Gasteiger partial charge in [-0.05, 0) is 80.2 Å². The molecule has 2 saturated carbocycles. The highest BCUT2D eigenvalue weighted by molar-refractivity contribution is 8.76. The van der Waals surface area contributed by atoms with Crippen molar-refractivity contribution in [3.8, 4) is 0 Å². The number of likely N-dealkylation sites (N-methyl/N-ethyl adjacent to an activating group) is 1. The van der Waals surface area contributed by atoms with E-state index in [2.05, 4.69) is 24.5 Å². The zero-order chi connectivity index (χ0) is 88.9. The van der Waals surface area contributed by atoms with Crippen LogP contribution in [0.2, 0.25) is 0 Å². The molecule has 30 heteroatoms. The number of Topliss-reactive ketones (excluding diaryl/α,β-unsaturated/α-hetero) is 1. The minimum atomic E-state index is -4.92. The lowest BCUT2D eigenvalue weighted by Gasteiger charge is -2.67. The maximum Gasteiger partial charge on any atom is 0.509 e. The van der Waals surface area contributed by atoms with E-state index in [-0.39, 0.29) is 77.9 Å². The quantitative estimate of drug-likeness (QED) is 0.00775. The number of allylic oxidation sites excluding steroid dienone is 1. The summed E-state index contributed by atoms with van der Waals surface area (Å²) in [7, 11) is 3.20. The van der Waals surface area contributed by atoms with Gasteiger partial charge in [-0.3, -0.25) is 28.5 Å². The Morgan fingerprint density at radius 1 is 0.656 bits per heavy atom. The molecular weight excluding hydrogens is 1630 g/mol. The van der Waals surface area contributed by atoms with Gasteiger partial charge in [0.1, 0.15) is 62.4 Å². The molecule has 4 N–H and O–H groups in total. The summed E-state index contributed by atoms with van der Waals surface area (Å²) in [6, 6.07) is 21.0. The number of ether oxygens (including phenoxy) is 9. The van der Waals surface area contributed by atoms with Gasteiger partial charge in [0.2, 0.25) is 12.0 Å². The molecule has 1 aliphatic heterocycles. The van der Waals surface area contributed by atoms with Crippen molar-refractivity contribution in [1.82, 2.24) is 10.6 Å². The van der Waals surface area contributed by atoms with E-state index in [1.54, 1.807) is 72.8 Å². The van der Waals surface area contributed by atoms with Crippen LogP contribution in [0.5, 0.6) is 0 Å². The van der Waals surface area contributed by atoms with Gasteiger partial charge in [-0.15, -0.1) is 0 Å². The van der Waals surface area contributed by atoms with Crippen LogP contribution >= 0.6 is 29.4 Å². The van der Waals surface area contributed by atoms with Gasteiger partial charge in [0.15, 0.2) is 17.5 Å². The molecule has 0 spiro atoms. The van der Waals surface area contributed by atoms with Crippen molar-refractivity contribution in [2.75, 3.05) is 72.2 Å². The number of benzene rings is 3. The van der Waals surface area contributed by atoms with Crippen molar-refractivity contribution >= 4 is 83.2 Å². The Morgan fingerprint density at radius 2 is 1.17 bits per heavy atom. The molecule has 3 aliphatic carbocycles. The first-order valence-electron chi connectivity index (χ1n) is 44.0. The van der Waals surface area contributed by atoms with Gasteiger partial charge in [0.05, 0.1) is 63.4 Å². The molecule has 3 aromatic rings. The number of phosphoric ester groups is 1. The molecule has 4 aliphatic rings. The molecule has 1 unspecified atom stereocenters. The second-order valence-corrected chi connectivity index (χ2v) is 38.5. The van der Waals surface area contributed by atoms with Gasteiger partial charge in [0, 0.05) is 55.6 Å². The monoisotopic (exact) mass is 1760 g/mol. The number of amides is 2. The van der Waals surface area contributed by atoms with E-state index in [0.717, 1.165) is 65.2 Å². The lowest BCUT2D eigenvalue weighted by atomic mass is 9.44. The van der Waals surface area contributed by atoms with Crippen LogP contribution in [0.4, 0.5) is 9.59 Å². The topological polar surface area (TPSA) is 360 Å². The first-order valence-corrected chi connectivity index (χ1v) is 48.0. The van der Waals surface area contributed by atoms with E-state index in [4.69, 9.17) is 51.7 Å². The van der Waals surface area contributed by atoms with E-state index in [0.29, 0.717) is 23.9 Å². The highest BCUT2D eigenvalue weighted by Crippen LogP contribution is 2.65. The molecule has 122 heavy (non-hydrogen) atoms. The fourth-order valence-corrected chi connectivity index (χ4v) is 19.2. The number of nitrogens with zero attached hydrogens (tertiary/aromatic N) is 1. The summed E-state index contributed by atoms with van der Waals surface area (Å²) in [5.41, 5.74) is -8.05. The predicted octanol–water partition coefficient (Wildman–Crippen LogP) is 16.2. The minimum Gasteiger partial charge on any atom is -0.756 e. The number of hydrogen-bond acceptors (Lipinski definition) is 26. The molecule has 14 atom stereocenters. The number of quaternary nitrogens is 1. The second-order valence-electron chi connectivity index (χ2n) is 34.4. The highest BCUT2D eigenvalue weighted by Gasteiger charge is 2.78. The largest absolute Gasteiger partial charge is 0.756 e. The third kappa shape index (κ3) is 30.6. The number of fused-ring (bicyclic) bond motifs is 5. The molecule has 3 aromatic carbocycles. The SMILES string of the molecule is CCCCCCCCCCCCC/C=C/[C@@H](OC(=O)OCCSSCCOC(=O)O[C@@H](C(=O)O[C@H]1C[C@@]2(O)[C@@H](OC(=O)c3ccccc3)[C@@H]3[C@]4(OC(C)=O)CO[C@@H]4C[C@H](O)[C@@]3(C)C(=O)[C@H](OC(C)=O)C(=C1C)C2(C)C)[C@@H](NC(=O)c1ccccc1)c1ccccc1)[C@H](COP(=O)([O-])OCC[N+](C)(C)C)NC(=O)CCCCCCCCCCCCCCC. The highest BCUT2D eigenvalue weighted by atomic mass is 33.1. The van der Waals surface area contributed by atoms with E-state index in [1.807, 2.05) is 27.2 Å². The first-order chi connectivity index (χ1) is 58.2. The minimum absolute atomic E-state index is 0.00679. The molecule has 2 bridgehead atoms. The normalized spacial score (nSPS) is 23.1. The van der Waals surface area contributed by atoms with Gasteiger partial charge in [-0.2, -0.15) is 0 Å². The molecular formula is C92H136N3O24PS2. The summed E-state index contributed by atoms with van der Waals surface area (Å²) >= 11 is 0. The van der Waals surface area contributed by atoms with Gasteiger partial charge in [0.25, 0.3) is 13.7 Å². The Balaban J connectivity index is 1.07. The first kappa shape index (κ1) is 102. The van der Waals surface area contributed by atoms with Crippen LogP contribution in [0.15, 0.2) is 114 Å². The van der Waals surface area contributed by atoms with Crippen LogP contribution in [0.1, 0.15) is 267 Å². The van der Waals surface area contributed by atoms with Crippen molar-refractivity contribution < 1.29 is 119 Å². The predicted molar refractivity (Wildman–Crippen MR) is 464 cm³/mol. The molecule has 680 valence electrons. The summed E-state index contributed by atoms with van der Waals surface area (Å²) < 4.78 is 78.7. The Hall–Kier alpha value is -7.18. The van der Waals surface area contributed by atoms with E-state index < -0.39 is 158 Å². The molecule has 3 fully saturated rings. The number of carbonyl (C=O) groups is 9. The third-order valence-electron chi connectivity index (χ3n) is 23.7. The third-order valence-corrected chi connectivity index (χ3v) is 27.0. The summed E-state index contributed by atoms with van der Waals surface area (Å²) in [5, 5.41) is 32.4. The molecule has 27 nitrogen and oxygen atoms in total. The Labute approximate surface area is 729 Å². The summed E-state index contributed by atoms with van der Waals surface area (Å²) in [4.78, 5) is 143. The average molecular weight is 1760 g/mol. The number of unbranched alkanes of at least 4 members (excludes halogenated alkanes) is 23. The van der Waals surface area contributed by atoms with Crippen molar-refractivity contribution in [3.05, 3.63) is 131 Å². The molecule has 7 rings (SSSR count). The zero-order valence-electron chi connectivity index (χ0n) is 73.6. The smallest absolute Gasteiger partial charge is 0.509 e. The molecule has 0 radical (unpaired) electrons. The Bertz CT molecular complexity index is 3910. The van der Waals surface area contributed by atoms with Crippen molar-refractivity contribution in [1.29, 1.82) is 0 Å². The number of ketones is 1. The number of carbonyl (C=O) groups excluding carboxylic acids is 9. The second kappa shape index (κ2) is 50.8. The summed E-state index contributed by atoms with van der Waals surface area (Å²) in [5.74, 6) is -7.53. The van der Waals surface area contributed by atoms with Crippen molar-refractivity contribution in [2.45, 2.75) is 301 Å². The van der Waals surface area contributed by atoms with Crippen molar-refractivity contribution in [2.24, 2.45) is 16.7 Å². The van der Waals surface area contributed by atoms with Crippen LogP contribution in [0.3, 0.4) is 0 Å². The van der Waals surface area contributed by atoms with Gasteiger partial charge in [-0.1, -0.05) is 263 Å². The van der Waals surface area contributed by atoms with Crippen LogP contribution < -0.4 is 15.5 Å². The van der Waals surface area contributed by atoms with Gasteiger partial charge in [-0.25, -0.2) is 19.2 Å². The average Bonchev–Trinajstić information content (AvgIpc) is 0.667. The number of phosphoric acid groups is 1. The Morgan fingerprint density at radius 3 is 1.69 bits per heavy atom. The Kier molecular flexibility index (Phi) is 42.5. The number of rotatable bonds is 55. The molecule has 0 aromatic heterocycles. The van der Waals surface area contributed by atoms with Crippen LogP contribution in [0.25, 0.3) is 0 Å². The fourth-order valence-electron chi connectivity index (χ4n) is 16.9. The van der Waals surface area contributed by atoms with Crippen LogP contribution in [-0.2, 0) is 80.2 Å². The number of nitrogens with one attached hydrogen (secondary N) is 2. The van der Waals surface area contributed by atoms with Gasteiger partial charge >= 0.3 is 36.2 Å². The standard InChI is InChI=1S/C92H136N3O24PS2/c1-12-14-16-18-20-22-24-26-28-30-32-34-45-53-72(71(63-113-120(107,108)112-56-55-95(9,10)11)93-76(99)54-46-35-33-31-29-27-25-23-21-19-17-15-13-2)116-87(104)109-57-59-121-122-60-58-110-88(105)117-80(78(68-47-39-36-40-48-68)94-84(101)69-49-41-37-42-50-69)86(103)115-73-62-92(106)83(118-85(102)70-51-43-38-44-52-70)81-90(8,74(98)61-75-91(81,64-111-75)119-67(5)97)82(100)79(114-66(4)96)77(65(73)3)89(92,6)7/h36-45,47-53,71-75,78-81,83,98,106H,12-35,46,54-64H2,1-11H3,(H2-,93,94,99,101,107,108)/b53-45+/t71-,72+,73-,74-,75+,78-,79+,80+,81-,83-,90+,91-,92+/m0/s1. The number of aliphatic hydroxyl groups is 2. The molecule has 1 saturated heterocycles. The van der Waals surface area contributed by atoms with Gasteiger partial charge < -0.3 is 81.9 Å². The van der Waals surface area contributed by atoms with E-state index in [9.17, 15) is 53.2 Å². The fraction of sp³-hybridized carbons (Fsp3) is 0.663. The van der Waals surface area contributed by atoms with E-state index >= 15 is 9.59 Å². The lowest BCUT2D eigenvalue weighted by molar-refractivity contribution is -0.870. The van der Waals surface area contributed by atoms with E-state index in [1.165, 1.54) is 170 Å². The van der Waals surface area contributed by atoms with Crippen LogP contribution in [-0.4, -0.2) is 201 Å². The summed E-state index contributed by atoms with van der Waals surface area (Å²) in [6.45, 7) is 11.2. The number of hydrogen-bond donors (Lipinski definition) is 4.